The van der Waals surface area contributed by atoms with Crippen LogP contribution in [0.25, 0.3) is 0 Å². The van der Waals surface area contributed by atoms with Gasteiger partial charge >= 0.3 is 0 Å². The molecule has 0 amide bonds. The van der Waals surface area contributed by atoms with Gasteiger partial charge in [0.05, 0.1) is 0 Å². The molecule has 3 rings (SSSR count). The average Bonchev–Trinajstić information content (AvgIpc) is 2.46. The van der Waals surface area contributed by atoms with Crippen molar-refractivity contribution in [3.05, 3.63) is 35.9 Å². The maximum absolute atomic E-state index is 4.06. The zero-order chi connectivity index (χ0) is 12.2. The number of fused-ring (bicyclic) bond motifs is 1. The van der Waals surface area contributed by atoms with Crippen LogP contribution in [-0.2, 0) is 6.54 Å². The van der Waals surface area contributed by atoms with Crippen LogP contribution in [-0.4, -0.2) is 16.0 Å². The van der Waals surface area contributed by atoms with Crippen LogP contribution in [0, 0.1) is 5.92 Å². The number of rotatable bonds is 3. The Kier molecular flexibility index (Phi) is 3.69. The molecule has 0 aromatic carbocycles. The molecule has 1 heterocycles. The minimum atomic E-state index is 0.587. The smallest absolute Gasteiger partial charge is 0.115 e. The number of allylic oxidation sites excluding steroid dienone is 1. The summed E-state index contributed by atoms with van der Waals surface area (Å²) in [5.41, 5.74) is 2.86. The van der Waals surface area contributed by atoms with Crippen molar-refractivity contribution in [2.45, 2.75) is 51.1 Å². The molecule has 96 valence electrons. The number of nitrogens with one attached hydrogen (secondary N) is 1. The van der Waals surface area contributed by atoms with E-state index in [4.69, 9.17) is 0 Å². The lowest BCUT2D eigenvalue weighted by molar-refractivity contribution is 0.342. The van der Waals surface area contributed by atoms with Gasteiger partial charge in [0.25, 0.3) is 0 Å². The van der Waals surface area contributed by atoms with E-state index in [0.29, 0.717) is 6.04 Å². The Morgan fingerprint density at radius 3 is 2.83 bits per heavy atom. The second-order valence-corrected chi connectivity index (χ2v) is 5.44. The molecule has 3 heteroatoms. The van der Waals surface area contributed by atoms with Crippen LogP contribution in [0.2, 0.25) is 0 Å². The molecule has 0 spiro atoms. The molecule has 3 nitrogen and oxygen atoms in total. The fourth-order valence-electron chi connectivity index (χ4n) is 3.32. The molecule has 1 fully saturated rings. The first-order valence-electron chi connectivity index (χ1n) is 7.10. The molecule has 2 unspecified atom stereocenters. The van der Waals surface area contributed by atoms with E-state index in [1.54, 1.807) is 11.9 Å². The molecule has 0 radical (unpaired) electrons. The second kappa shape index (κ2) is 5.61. The second-order valence-electron chi connectivity index (χ2n) is 5.44. The summed E-state index contributed by atoms with van der Waals surface area (Å²) >= 11 is 0. The molecule has 1 aromatic heterocycles. The average molecular weight is 243 g/mol. The predicted octanol–water partition coefficient (Wildman–Crippen LogP) is 2.85. The quantitative estimate of drug-likeness (QED) is 0.830. The Balaban J connectivity index is 1.63. The number of hydrogen-bond acceptors (Lipinski definition) is 3. The molecule has 18 heavy (non-hydrogen) atoms. The van der Waals surface area contributed by atoms with Crippen LogP contribution in [0.5, 0.6) is 0 Å². The van der Waals surface area contributed by atoms with Gasteiger partial charge in [-0.3, -0.25) is 0 Å². The summed E-state index contributed by atoms with van der Waals surface area (Å²) in [6.45, 7) is 0.884. The van der Waals surface area contributed by atoms with E-state index in [-0.39, 0.29) is 0 Å². The highest BCUT2D eigenvalue weighted by Gasteiger charge is 2.28. The largest absolute Gasteiger partial charge is 0.306 e. The van der Waals surface area contributed by atoms with Crippen molar-refractivity contribution < 1.29 is 0 Å². The van der Waals surface area contributed by atoms with Gasteiger partial charge in [-0.25, -0.2) is 9.97 Å². The maximum Gasteiger partial charge on any atom is 0.115 e. The lowest BCUT2D eigenvalue weighted by atomic mass is 9.75. The Morgan fingerprint density at radius 2 is 1.94 bits per heavy atom. The number of nitrogens with zero attached hydrogens (tertiary/aromatic N) is 2. The maximum atomic E-state index is 4.06. The van der Waals surface area contributed by atoms with Crippen LogP contribution in [0.1, 0.15) is 44.1 Å². The Morgan fingerprint density at radius 1 is 1.11 bits per heavy atom. The molecule has 1 saturated carbocycles. The highest BCUT2D eigenvalue weighted by molar-refractivity contribution is 5.19. The molecule has 1 N–H and O–H groups in total. The first-order valence-corrected chi connectivity index (χ1v) is 7.10. The summed E-state index contributed by atoms with van der Waals surface area (Å²) in [7, 11) is 0. The molecule has 2 aliphatic carbocycles. The van der Waals surface area contributed by atoms with E-state index in [9.17, 15) is 0 Å². The summed E-state index contributed by atoms with van der Waals surface area (Å²) in [4.78, 5) is 8.13. The third-order valence-corrected chi connectivity index (χ3v) is 4.22. The fourth-order valence-corrected chi connectivity index (χ4v) is 3.32. The van der Waals surface area contributed by atoms with Crippen LogP contribution in [0.15, 0.2) is 30.4 Å². The van der Waals surface area contributed by atoms with Gasteiger partial charge in [0, 0.05) is 30.5 Å². The van der Waals surface area contributed by atoms with E-state index in [1.807, 2.05) is 12.4 Å². The van der Waals surface area contributed by atoms with Gasteiger partial charge in [-0.05, 0) is 38.0 Å². The van der Waals surface area contributed by atoms with Gasteiger partial charge < -0.3 is 5.32 Å². The predicted molar refractivity (Wildman–Crippen MR) is 71.9 cm³/mol. The minimum absolute atomic E-state index is 0.587. The van der Waals surface area contributed by atoms with Crippen LogP contribution in [0.4, 0.5) is 0 Å². The van der Waals surface area contributed by atoms with E-state index in [2.05, 4.69) is 21.4 Å². The molecular formula is C15H21N3. The van der Waals surface area contributed by atoms with E-state index >= 15 is 0 Å². The van der Waals surface area contributed by atoms with Crippen LogP contribution < -0.4 is 5.32 Å². The summed E-state index contributed by atoms with van der Waals surface area (Å²) in [6.07, 6.45) is 16.0. The van der Waals surface area contributed by atoms with Crippen molar-refractivity contribution in [2.75, 3.05) is 0 Å². The lowest BCUT2D eigenvalue weighted by Crippen LogP contribution is -2.37. The number of aromatic nitrogens is 2. The molecule has 0 saturated heterocycles. The summed E-state index contributed by atoms with van der Waals surface area (Å²) < 4.78 is 0. The normalized spacial score (nSPS) is 27.4. The summed E-state index contributed by atoms with van der Waals surface area (Å²) in [5.74, 6) is 0.858. The van der Waals surface area contributed by atoms with Gasteiger partial charge in [-0.15, -0.1) is 0 Å². The van der Waals surface area contributed by atoms with Gasteiger partial charge in [0.2, 0.25) is 0 Å². The third kappa shape index (κ3) is 2.61. The zero-order valence-corrected chi connectivity index (χ0v) is 10.8. The van der Waals surface area contributed by atoms with Crippen LogP contribution >= 0.6 is 0 Å². The van der Waals surface area contributed by atoms with Gasteiger partial charge in [-0.1, -0.05) is 18.1 Å². The Labute approximate surface area is 109 Å². The van der Waals surface area contributed by atoms with E-state index in [0.717, 1.165) is 12.5 Å². The first-order chi connectivity index (χ1) is 8.93. The van der Waals surface area contributed by atoms with Crippen molar-refractivity contribution in [1.82, 2.24) is 15.3 Å². The molecule has 2 aliphatic rings. The molecule has 0 aliphatic heterocycles. The lowest BCUT2D eigenvalue weighted by Gasteiger charge is -2.35. The van der Waals surface area contributed by atoms with E-state index in [1.165, 1.54) is 44.1 Å². The van der Waals surface area contributed by atoms with Crippen molar-refractivity contribution in [3.8, 4) is 0 Å². The minimum Gasteiger partial charge on any atom is -0.306 e. The van der Waals surface area contributed by atoms with Crippen molar-refractivity contribution >= 4 is 0 Å². The highest BCUT2D eigenvalue weighted by Crippen LogP contribution is 2.36. The molecular weight excluding hydrogens is 222 g/mol. The van der Waals surface area contributed by atoms with Crippen molar-refractivity contribution in [3.63, 3.8) is 0 Å². The Bertz CT molecular complexity index is 413. The zero-order valence-electron chi connectivity index (χ0n) is 10.8. The SMILES string of the molecule is C1=C2C(CCC1)CCCC2NCc1cncnc1. The molecule has 2 atom stereocenters. The van der Waals surface area contributed by atoms with Gasteiger partial charge in [0.1, 0.15) is 6.33 Å². The van der Waals surface area contributed by atoms with Gasteiger partial charge in [0.15, 0.2) is 0 Å². The fraction of sp³-hybridized carbons (Fsp3) is 0.600. The van der Waals surface area contributed by atoms with E-state index < -0.39 is 0 Å². The Hall–Kier alpha value is -1.22. The summed E-state index contributed by atoms with van der Waals surface area (Å²) in [5, 5.41) is 3.69. The van der Waals surface area contributed by atoms with Crippen molar-refractivity contribution in [2.24, 2.45) is 5.92 Å². The standard InChI is InChI=1S/C15H21N3/c1-2-6-14-13(4-1)5-3-7-15(14)18-10-12-8-16-11-17-9-12/h6,8-9,11,13,15,18H,1-5,7,10H2. The monoisotopic (exact) mass is 243 g/mol. The number of hydrogen-bond donors (Lipinski definition) is 1. The molecule has 0 bridgehead atoms. The molecule has 1 aromatic rings. The first kappa shape index (κ1) is 11.8. The topological polar surface area (TPSA) is 37.8 Å². The third-order valence-electron chi connectivity index (χ3n) is 4.22. The van der Waals surface area contributed by atoms with Crippen molar-refractivity contribution in [1.29, 1.82) is 0 Å². The summed E-state index contributed by atoms with van der Waals surface area (Å²) in [6, 6.07) is 0.587. The van der Waals surface area contributed by atoms with Gasteiger partial charge in [-0.2, -0.15) is 0 Å². The van der Waals surface area contributed by atoms with Crippen LogP contribution in [0.3, 0.4) is 0 Å². The highest BCUT2D eigenvalue weighted by atomic mass is 14.9.